The molecule has 3 aromatic rings. The second-order valence-corrected chi connectivity index (χ2v) is 5.74. The molecule has 1 unspecified atom stereocenters. The van der Waals surface area contributed by atoms with Crippen molar-refractivity contribution in [2.24, 2.45) is 0 Å². The third-order valence-electron chi connectivity index (χ3n) is 4.21. The van der Waals surface area contributed by atoms with E-state index in [2.05, 4.69) is 18.1 Å². The highest BCUT2D eigenvalue weighted by molar-refractivity contribution is 6.10. The maximum atomic E-state index is 12.1. The number of aliphatic hydroxyl groups excluding tert-OH is 1. The quantitative estimate of drug-likeness (QED) is 0.435. The van der Waals surface area contributed by atoms with Crippen LogP contribution in [0.4, 0.5) is 0 Å². The maximum Gasteiger partial charge on any atom is 0.356 e. The number of para-hydroxylation sites is 1. The van der Waals surface area contributed by atoms with E-state index < -0.39 is 12.1 Å². The van der Waals surface area contributed by atoms with Gasteiger partial charge in [-0.15, -0.1) is 6.58 Å². The summed E-state index contributed by atoms with van der Waals surface area (Å²) in [6.07, 6.45) is 0.398. The molecule has 0 spiro atoms. The van der Waals surface area contributed by atoms with Crippen LogP contribution in [0.15, 0.2) is 55.1 Å². The number of nitriles is 1. The number of carbonyl (C=O) groups excluding carboxylic acids is 1. The van der Waals surface area contributed by atoms with E-state index in [1.165, 1.54) is 7.11 Å². The zero-order chi connectivity index (χ0) is 18.8. The second kappa shape index (κ2) is 6.82. The summed E-state index contributed by atoms with van der Waals surface area (Å²) in [5, 5.41) is 21.4. The average molecular weight is 347 g/mol. The first-order valence-corrected chi connectivity index (χ1v) is 7.91. The molecule has 0 fully saturated rings. The van der Waals surface area contributed by atoms with Crippen molar-refractivity contribution in [2.45, 2.75) is 12.6 Å². The molecule has 0 aliphatic rings. The summed E-state index contributed by atoms with van der Waals surface area (Å²) in [5.41, 5.74) is 1.72. The summed E-state index contributed by atoms with van der Waals surface area (Å²) in [7, 11) is 1.26. The van der Waals surface area contributed by atoms with E-state index in [1.54, 1.807) is 12.1 Å². The zero-order valence-electron chi connectivity index (χ0n) is 14.3. The van der Waals surface area contributed by atoms with Crippen molar-refractivity contribution in [3.8, 4) is 6.07 Å². The van der Waals surface area contributed by atoms with E-state index in [1.807, 2.05) is 34.9 Å². The SMILES string of the molecule is C=CCn1c2ccccc2c2cc(C(=O)OC)nc(C(O)C(=C)C#N)c21. The Morgan fingerprint density at radius 3 is 2.85 bits per heavy atom. The van der Waals surface area contributed by atoms with Crippen molar-refractivity contribution >= 4 is 27.8 Å². The number of benzene rings is 1. The van der Waals surface area contributed by atoms with Crippen molar-refractivity contribution < 1.29 is 14.6 Å². The van der Waals surface area contributed by atoms with Gasteiger partial charge in [0.15, 0.2) is 0 Å². The Labute approximate surface area is 150 Å². The van der Waals surface area contributed by atoms with Gasteiger partial charge in [0.2, 0.25) is 0 Å². The summed E-state index contributed by atoms with van der Waals surface area (Å²) in [5.74, 6) is -0.622. The number of nitrogens with zero attached hydrogens (tertiary/aromatic N) is 3. The predicted octanol–water partition coefficient (Wildman–Crippen LogP) is 3.28. The Morgan fingerprint density at radius 1 is 1.46 bits per heavy atom. The van der Waals surface area contributed by atoms with Gasteiger partial charge < -0.3 is 14.4 Å². The number of allylic oxidation sites excluding steroid dienone is 1. The number of pyridine rings is 1. The molecule has 0 bridgehead atoms. The fourth-order valence-corrected chi connectivity index (χ4v) is 3.05. The van der Waals surface area contributed by atoms with Gasteiger partial charge in [-0.3, -0.25) is 0 Å². The largest absolute Gasteiger partial charge is 0.464 e. The van der Waals surface area contributed by atoms with E-state index in [0.717, 1.165) is 16.3 Å². The number of methoxy groups -OCH3 is 1. The van der Waals surface area contributed by atoms with Crippen LogP contribution in [0.1, 0.15) is 22.3 Å². The van der Waals surface area contributed by atoms with E-state index in [9.17, 15) is 9.90 Å². The Bertz CT molecular complexity index is 1090. The topological polar surface area (TPSA) is 88.1 Å². The fourth-order valence-electron chi connectivity index (χ4n) is 3.05. The van der Waals surface area contributed by atoms with E-state index in [0.29, 0.717) is 12.1 Å². The van der Waals surface area contributed by atoms with Crippen LogP contribution in [-0.4, -0.2) is 27.7 Å². The van der Waals surface area contributed by atoms with Crippen molar-refractivity contribution in [3.05, 3.63) is 66.5 Å². The van der Waals surface area contributed by atoms with Gasteiger partial charge in [-0.2, -0.15) is 5.26 Å². The molecule has 26 heavy (non-hydrogen) atoms. The molecule has 1 N–H and O–H groups in total. The number of fused-ring (bicyclic) bond motifs is 3. The van der Waals surface area contributed by atoms with Gasteiger partial charge >= 0.3 is 5.97 Å². The Morgan fingerprint density at radius 2 is 2.19 bits per heavy atom. The molecule has 0 saturated carbocycles. The number of ether oxygens (including phenoxy) is 1. The van der Waals surface area contributed by atoms with Gasteiger partial charge in [-0.25, -0.2) is 9.78 Å². The molecule has 130 valence electrons. The number of esters is 1. The van der Waals surface area contributed by atoms with Crippen molar-refractivity contribution in [1.82, 2.24) is 9.55 Å². The van der Waals surface area contributed by atoms with E-state index in [-0.39, 0.29) is 17.0 Å². The normalized spacial score (nSPS) is 11.9. The standard InChI is InChI=1S/C20H17N3O3/c1-4-9-23-16-8-6-5-7-13(16)14-10-15(20(25)26-3)22-17(18(14)23)19(24)12(2)11-21/h4-8,10,19,24H,1-2,9H2,3H3. The van der Waals surface area contributed by atoms with Gasteiger partial charge in [0.1, 0.15) is 11.8 Å². The van der Waals surface area contributed by atoms with Crippen molar-refractivity contribution in [2.75, 3.05) is 7.11 Å². The minimum Gasteiger partial charge on any atom is -0.464 e. The maximum absolute atomic E-state index is 12.1. The molecule has 0 radical (unpaired) electrons. The zero-order valence-corrected chi connectivity index (χ0v) is 14.3. The van der Waals surface area contributed by atoms with E-state index in [4.69, 9.17) is 10.00 Å². The third kappa shape index (κ3) is 2.65. The molecule has 6 nitrogen and oxygen atoms in total. The number of aromatic nitrogens is 2. The number of hydrogen-bond acceptors (Lipinski definition) is 5. The Balaban J connectivity index is 2.49. The van der Waals surface area contributed by atoms with Gasteiger partial charge in [-0.1, -0.05) is 30.9 Å². The average Bonchev–Trinajstić information content (AvgIpc) is 3.00. The van der Waals surface area contributed by atoms with Crippen LogP contribution >= 0.6 is 0 Å². The first kappa shape index (κ1) is 17.4. The molecule has 1 atom stereocenters. The molecule has 1 aromatic carbocycles. The minimum atomic E-state index is -1.33. The van der Waals surface area contributed by atoms with E-state index >= 15 is 0 Å². The van der Waals surface area contributed by atoms with Crippen LogP contribution in [0.3, 0.4) is 0 Å². The first-order chi connectivity index (χ1) is 12.5. The summed E-state index contributed by atoms with van der Waals surface area (Å²) in [6.45, 7) is 7.84. The van der Waals surface area contributed by atoms with Gasteiger partial charge in [0.25, 0.3) is 0 Å². The van der Waals surface area contributed by atoms with Crippen LogP contribution in [0.5, 0.6) is 0 Å². The molecular formula is C20H17N3O3. The lowest BCUT2D eigenvalue weighted by molar-refractivity contribution is 0.0593. The molecule has 0 aliphatic carbocycles. The molecular weight excluding hydrogens is 330 g/mol. The smallest absolute Gasteiger partial charge is 0.356 e. The Hall–Kier alpha value is -3.43. The van der Waals surface area contributed by atoms with Crippen LogP contribution in [-0.2, 0) is 11.3 Å². The molecule has 2 aromatic heterocycles. The molecule has 6 heteroatoms. The molecule has 0 aliphatic heterocycles. The van der Waals surface area contributed by atoms with Crippen LogP contribution in [0.25, 0.3) is 21.8 Å². The van der Waals surface area contributed by atoms with Crippen molar-refractivity contribution in [1.29, 1.82) is 5.26 Å². The highest BCUT2D eigenvalue weighted by Crippen LogP contribution is 2.35. The van der Waals surface area contributed by atoms with Gasteiger partial charge in [0.05, 0.1) is 30.0 Å². The lowest BCUT2D eigenvalue weighted by Crippen LogP contribution is -2.11. The highest BCUT2D eigenvalue weighted by Gasteiger charge is 2.24. The van der Waals surface area contributed by atoms with Crippen LogP contribution in [0, 0.1) is 11.3 Å². The third-order valence-corrected chi connectivity index (χ3v) is 4.21. The molecule has 2 heterocycles. The second-order valence-electron chi connectivity index (χ2n) is 5.74. The lowest BCUT2D eigenvalue weighted by Gasteiger charge is -2.14. The molecule has 0 saturated heterocycles. The monoisotopic (exact) mass is 347 g/mol. The summed E-state index contributed by atoms with van der Waals surface area (Å²) >= 11 is 0. The van der Waals surface area contributed by atoms with Crippen LogP contribution < -0.4 is 0 Å². The highest BCUT2D eigenvalue weighted by atomic mass is 16.5. The number of aliphatic hydroxyl groups is 1. The number of rotatable bonds is 5. The summed E-state index contributed by atoms with van der Waals surface area (Å²) in [6, 6.07) is 11.1. The first-order valence-electron chi connectivity index (χ1n) is 7.91. The fraction of sp³-hybridized carbons (Fsp3) is 0.150. The van der Waals surface area contributed by atoms with Crippen LogP contribution in [0.2, 0.25) is 0 Å². The molecule has 3 rings (SSSR count). The molecule has 0 amide bonds. The number of hydrogen-bond donors (Lipinski definition) is 1. The van der Waals surface area contributed by atoms with Gasteiger partial charge in [-0.05, 0) is 12.1 Å². The number of carbonyl (C=O) groups is 1. The summed E-state index contributed by atoms with van der Waals surface area (Å²) < 4.78 is 6.72. The lowest BCUT2D eigenvalue weighted by atomic mass is 10.0. The predicted molar refractivity (Wildman–Crippen MR) is 98.5 cm³/mol. The van der Waals surface area contributed by atoms with Gasteiger partial charge in [0, 0.05) is 22.8 Å². The summed E-state index contributed by atoms with van der Waals surface area (Å²) in [4.78, 5) is 16.4. The minimum absolute atomic E-state index is 0.0568. The van der Waals surface area contributed by atoms with Crippen molar-refractivity contribution in [3.63, 3.8) is 0 Å². The Kier molecular flexibility index (Phi) is 4.57.